The Morgan fingerprint density at radius 3 is 3.00 bits per heavy atom. The van der Waals surface area contributed by atoms with Crippen molar-refractivity contribution in [1.82, 2.24) is 14.7 Å². The van der Waals surface area contributed by atoms with Gasteiger partial charge in [-0.15, -0.1) is 0 Å². The van der Waals surface area contributed by atoms with Crippen LogP contribution < -0.4 is 0 Å². The van der Waals surface area contributed by atoms with Crippen molar-refractivity contribution >= 4 is 5.78 Å². The van der Waals surface area contributed by atoms with Crippen molar-refractivity contribution in [3.8, 4) is 0 Å². The van der Waals surface area contributed by atoms with Crippen LogP contribution in [0.15, 0.2) is 12.3 Å². The zero-order valence-electron chi connectivity index (χ0n) is 10.0. The van der Waals surface area contributed by atoms with Crippen LogP contribution in [0.4, 0.5) is 0 Å². The minimum atomic E-state index is 0.234. The summed E-state index contributed by atoms with van der Waals surface area (Å²) in [6, 6.07) is 2.04. The van der Waals surface area contributed by atoms with Gasteiger partial charge in [0.05, 0.1) is 5.69 Å². The Bertz CT molecular complexity index is 372. The van der Waals surface area contributed by atoms with Gasteiger partial charge in [0.2, 0.25) is 0 Å². The monoisotopic (exact) mass is 221 g/mol. The molecular formula is C12H19N3O. The molecule has 88 valence electrons. The molecule has 1 unspecified atom stereocenters. The van der Waals surface area contributed by atoms with Gasteiger partial charge in [0.25, 0.3) is 0 Å². The fourth-order valence-electron chi connectivity index (χ4n) is 2.25. The lowest BCUT2D eigenvalue weighted by molar-refractivity contribution is -0.126. The smallest absolute Gasteiger partial charge is 0.138 e. The Balaban J connectivity index is 1.93. The number of ketones is 1. The van der Waals surface area contributed by atoms with Crippen LogP contribution in [-0.4, -0.2) is 33.6 Å². The average molecular weight is 221 g/mol. The SMILES string of the molecule is CCC1CN(Cc2ccn(C)n2)CCC1=O. The highest BCUT2D eigenvalue weighted by Gasteiger charge is 2.25. The number of aryl methyl sites for hydroxylation is 1. The number of carbonyl (C=O) groups is 1. The minimum absolute atomic E-state index is 0.234. The van der Waals surface area contributed by atoms with Crippen molar-refractivity contribution in [1.29, 1.82) is 0 Å². The van der Waals surface area contributed by atoms with E-state index in [9.17, 15) is 4.79 Å². The first-order valence-electron chi connectivity index (χ1n) is 5.92. The van der Waals surface area contributed by atoms with Crippen molar-refractivity contribution in [2.45, 2.75) is 26.3 Å². The molecule has 1 saturated heterocycles. The van der Waals surface area contributed by atoms with Crippen LogP contribution in [0.5, 0.6) is 0 Å². The summed E-state index contributed by atoms with van der Waals surface area (Å²) < 4.78 is 1.82. The Morgan fingerprint density at radius 2 is 2.38 bits per heavy atom. The second-order valence-electron chi connectivity index (χ2n) is 4.54. The Hall–Kier alpha value is -1.16. The van der Waals surface area contributed by atoms with Gasteiger partial charge < -0.3 is 0 Å². The highest BCUT2D eigenvalue weighted by Crippen LogP contribution is 2.17. The maximum atomic E-state index is 11.6. The van der Waals surface area contributed by atoms with Gasteiger partial charge in [-0.25, -0.2) is 0 Å². The van der Waals surface area contributed by atoms with Crippen LogP contribution in [0.2, 0.25) is 0 Å². The third-order valence-corrected chi connectivity index (χ3v) is 3.26. The predicted octanol–water partition coefficient (Wildman–Crippen LogP) is 1.22. The molecule has 1 aliphatic heterocycles. The highest BCUT2D eigenvalue weighted by atomic mass is 16.1. The first-order chi connectivity index (χ1) is 7.69. The maximum absolute atomic E-state index is 11.6. The first kappa shape index (κ1) is 11.3. The molecule has 0 aliphatic carbocycles. The molecule has 16 heavy (non-hydrogen) atoms. The fourth-order valence-corrected chi connectivity index (χ4v) is 2.25. The van der Waals surface area contributed by atoms with Gasteiger partial charge in [-0.2, -0.15) is 5.10 Å². The minimum Gasteiger partial charge on any atom is -0.299 e. The van der Waals surface area contributed by atoms with Crippen LogP contribution in [-0.2, 0) is 18.4 Å². The molecule has 2 rings (SSSR count). The average Bonchev–Trinajstić information content (AvgIpc) is 2.67. The molecule has 1 atom stereocenters. The van der Waals surface area contributed by atoms with E-state index < -0.39 is 0 Å². The number of hydrogen-bond donors (Lipinski definition) is 0. The van der Waals surface area contributed by atoms with Gasteiger partial charge in [-0.05, 0) is 12.5 Å². The third kappa shape index (κ3) is 2.50. The number of hydrogen-bond acceptors (Lipinski definition) is 3. The molecule has 1 aromatic rings. The molecule has 0 N–H and O–H groups in total. The summed E-state index contributed by atoms with van der Waals surface area (Å²) in [5, 5.41) is 4.36. The van der Waals surface area contributed by atoms with Gasteiger partial charge >= 0.3 is 0 Å². The van der Waals surface area contributed by atoms with Gasteiger partial charge in [-0.1, -0.05) is 6.92 Å². The molecule has 4 nitrogen and oxygen atoms in total. The predicted molar refractivity (Wildman–Crippen MR) is 61.9 cm³/mol. The highest BCUT2D eigenvalue weighted by molar-refractivity contribution is 5.82. The number of nitrogens with zero attached hydrogens (tertiary/aromatic N) is 3. The van der Waals surface area contributed by atoms with E-state index in [-0.39, 0.29) is 5.92 Å². The summed E-state index contributed by atoms with van der Waals surface area (Å²) in [6.45, 7) is 4.73. The van der Waals surface area contributed by atoms with Crippen molar-refractivity contribution in [2.24, 2.45) is 13.0 Å². The number of carbonyl (C=O) groups excluding carboxylic acids is 1. The van der Waals surface area contributed by atoms with Gasteiger partial charge in [0, 0.05) is 45.2 Å². The van der Waals surface area contributed by atoms with Crippen LogP contribution in [0, 0.1) is 5.92 Å². The van der Waals surface area contributed by atoms with Crippen molar-refractivity contribution in [3.63, 3.8) is 0 Å². The zero-order valence-corrected chi connectivity index (χ0v) is 10.0. The molecular weight excluding hydrogens is 202 g/mol. The topological polar surface area (TPSA) is 38.1 Å². The van der Waals surface area contributed by atoms with E-state index in [1.165, 1.54) is 0 Å². The van der Waals surface area contributed by atoms with Crippen LogP contribution in [0.1, 0.15) is 25.5 Å². The van der Waals surface area contributed by atoms with Gasteiger partial charge in [0.1, 0.15) is 5.78 Å². The molecule has 1 fully saturated rings. The van der Waals surface area contributed by atoms with E-state index in [1.807, 2.05) is 24.0 Å². The second kappa shape index (κ2) is 4.78. The van der Waals surface area contributed by atoms with Crippen molar-refractivity contribution in [3.05, 3.63) is 18.0 Å². The molecule has 2 heterocycles. The summed E-state index contributed by atoms with van der Waals surface area (Å²) in [5.41, 5.74) is 1.09. The second-order valence-corrected chi connectivity index (χ2v) is 4.54. The number of likely N-dealkylation sites (tertiary alicyclic amines) is 1. The third-order valence-electron chi connectivity index (χ3n) is 3.26. The molecule has 1 aromatic heterocycles. The fraction of sp³-hybridized carbons (Fsp3) is 0.667. The number of Topliss-reactive ketones (excluding diaryl/α,β-unsaturated/α-hetero) is 1. The van der Waals surface area contributed by atoms with Crippen molar-refractivity contribution < 1.29 is 4.79 Å². The zero-order chi connectivity index (χ0) is 11.5. The summed E-state index contributed by atoms with van der Waals surface area (Å²) in [5.74, 6) is 0.664. The lowest BCUT2D eigenvalue weighted by Crippen LogP contribution is -2.40. The molecule has 0 spiro atoms. The molecule has 0 bridgehead atoms. The summed E-state index contributed by atoms with van der Waals surface area (Å²) >= 11 is 0. The number of rotatable bonds is 3. The lowest BCUT2D eigenvalue weighted by Gasteiger charge is -2.30. The Kier molecular flexibility index (Phi) is 3.39. The largest absolute Gasteiger partial charge is 0.299 e. The standard InChI is InChI=1S/C12H19N3O/c1-3-10-8-15(7-5-12(10)16)9-11-4-6-14(2)13-11/h4,6,10H,3,5,7-9H2,1-2H3. The number of piperidine rings is 1. The van der Waals surface area contributed by atoms with Crippen LogP contribution in [0.25, 0.3) is 0 Å². The van der Waals surface area contributed by atoms with Crippen LogP contribution >= 0.6 is 0 Å². The van der Waals surface area contributed by atoms with E-state index in [2.05, 4.69) is 16.9 Å². The lowest BCUT2D eigenvalue weighted by atomic mass is 9.94. The first-order valence-corrected chi connectivity index (χ1v) is 5.92. The number of aromatic nitrogens is 2. The van der Waals surface area contributed by atoms with E-state index in [0.717, 1.165) is 31.7 Å². The molecule has 0 radical (unpaired) electrons. The van der Waals surface area contributed by atoms with E-state index in [0.29, 0.717) is 12.2 Å². The van der Waals surface area contributed by atoms with Gasteiger partial charge in [-0.3, -0.25) is 14.4 Å². The maximum Gasteiger partial charge on any atom is 0.138 e. The van der Waals surface area contributed by atoms with E-state index >= 15 is 0 Å². The summed E-state index contributed by atoms with van der Waals surface area (Å²) in [7, 11) is 1.93. The van der Waals surface area contributed by atoms with Gasteiger partial charge in [0.15, 0.2) is 0 Å². The molecule has 0 aromatic carbocycles. The van der Waals surface area contributed by atoms with E-state index in [4.69, 9.17) is 0 Å². The Morgan fingerprint density at radius 1 is 1.56 bits per heavy atom. The van der Waals surface area contributed by atoms with Crippen molar-refractivity contribution in [2.75, 3.05) is 13.1 Å². The quantitative estimate of drug-likeness (QED) is 0.770. The molecule has 1 aliphatic rings. The molecule has 0 amide bonds. The van der Waals surface area contributed by atoms with Crippen LogP contribution in [0.3, 0.4) is 0 Å². The summed E-state index contributed by atoms with van der Waals surface area (Å²) in [6.07, 6.45) is 3.62. The molecule has 0 saturated carbocycles. The molecule has 4 heteroatoms. The summed E-state index contributed by atoms with van der Waals surface area (Å²) in [4.78, 5) is 13.9. The van der Waals surface area contributed by atoms with E-state index in [1.54, 1.807) is 0 Å². The Labute approximate surface area is 96.2 Å². The normalized spacial score (nSPS) is 22.6.